The molecular formula is C16H22BrNO. The first-order valence-electron chi connectivity index (χ1n) is 7.32. The summed E-state index contributed by atoms with van der Waals surface area (Å²) in [5.74, 6) is 2.50. The third kappa shape index (κ3) is 2.97. The molecule has 19 heavy (non-hydrogen) atoms. The van der Waals surface area contributed by atoms with Crippen LogP contribution in [0.3, 0.4) is 0 Å². The van der Waals surface area contributed by atoms with Crippen molar-refractivity contribution < 1.29 is 4.74 Å². The standard InChI is InChI=1S/C16H22BrNO/c1-12-10-18(8-6-15(12)17)11-13-7-9-19-16-5-3-2-4-14(13)16/h2-5,12-13,15H,6-11H2,1H3. The highest BCUT2D eigenvalue weighted by Crippen LogP contribution is 2.35. The number of fused-ring (bicyclic) bond motifs is 1. The number of alkyl halides is 1. The molecule has 2 aliphatic rings. The summed E-state index contributed by atoms with van der Waals surface area (Å²) >= 11 is 3.79. The number of hydrogen-bond donors (Lipinski definition) is 0. The molecule has 0 bridgehead atoms. The van der Waals surface area contributed by atoms with Gasteiger partial charge in [0.1, 0.15) is 5.75 Å². The molecule has 2 nitrogen and oxygen atoms in total. The van der Waals surface area contributed by atoms with E-state index in [0.717, 1.165) is 24.7 Å². The lowest BCUT2D eigenvalue weighted by Gasteiger charge is -2.37. The molecule has 0 spiro atoms. The lowest BCUT2D eigenvalue weighted by Crippen LogP contribution is -2.42. The van der Waals surface area contributed by atoms with Gasteiger partial charge in [-0.2, -0.15) is 0 Å². The number of nitrogens with zero attached hydrogens (tertiary/aromatic N) is 1. The van der Waals surface area contributed by atoms with Crippen molar-refractivity contribution in [3.8, 4) is 5.75 Å². The number of hydrogen-bond acceptors (Lipinski definition) is 2. The van der Waals surface area contributed by atoms with E-state index in [0.29, 0.717) is 10.7 Å². The van der Waals surface area contributed by atoms with E-state index in [1.165, 1.54) is 31.6 Å². The van der Waals surface area contributed by atoms with E-state index < -0.39 is 0 Å². The van der Waals surface area contributed by atoms with Crippen molar-refractivity contribution in [2.45, 2.75) is 30.5 Å². The molecule has 3 rings (SSSR count). The van der Waals surface area contributed by atoms with E-state index in [1.807, 2.05) is 0 Å². The van der Waals surface area contributed by atoms with E-state index in [4.69, 9.17) is 4.74 Å². The lowest BCUT2D eigenvalue weighted by molar-refractivity contribution is 0.163. The van der Waals surface area contributed by atoms with Crippen LogP contribution in [0.25, 0.3) is 0 Å². The van der Waals surface area contributed by atoms with Gasteiger partial charge in [-0.15, -0.1) is 0 Å². The van der Waals surface area contributed by atoms with Gasteiger partial charge in [0.25, 0.3) is 0 Å². The van der Waals surface area contributed by atoms with Crippen LogP contribution in [0.15, 0.2) is 24.3 Å². The van der Waals surface area contributed by atoms with Gasteiger partial charge >= 0.3 is 0 Å². The van der Waals surface area contributed by atoms with E-state index >= 15 is 0 Å². The molecule has 0 radical (unpaired) electrons. The molecule has 1 fully saturated rings. The first-order chi connectivity index (χ1) is 9.24. The van der Waals surface area contributed by atoms with Crippen LogP contribution in [-0.4, -0.2) is 36.0 Å². The van der Waals surface area contributed by atoms with E-state index in [9.17, 15) is 0 Å². The van der Waals surface area contributed by atoms with Crippen molar-refractivity contribution >= 4 is 15.9 Å². The molecule has 1 saturated heterocycles. The van der Waals surface area contributed by atoms with Crippen molar-refractivity contribution in [2.24, 2.45) is 5.92 Å². The minimum absolute atomic E-state index is 0.643. The fraction of sp³-hybridized carbons (Fsp3) is 0.625. The predicted octanol–water partition coefficient (Wildman–Crippen LogP) is 3.66. The zero-order chi connectivity index (χ0) is 13.2. The summed E-state index contributed by atoms with van der Waals surface area (Å²) in [6.45, 7) is 6.84. The molecule has 0 aliphatic carbocycles. The van der Waals surface area contributed by atoms with Crippen LogP contribution in [0.1, 0.15) is 31.2 Å². The second-order valence-electron chi connectivity index (χ2n) is 5.91. The van der Waals surface area contributed by atoms with Gasteiger partial charge in [0.15, 0.2) is 0 Å². The number of benzene rings is 1. The third-order valence-electron chi connectivity index (χ3n) is 4.45. The van der Waals surface area contributed by atoms with E-state index in [1.54, 1.807) is 0 Å². The van der Waals surface area contributed by atoms with E-state index in [2.05, 4.69) is 52.0 Å². The van der Waals surface area contributed by atoms with Crippen molar-refractivity contribution in [3.63, 3.8) is 0 Å². The van der Waals surface area contributed by atoms with Gasteiger partial charge in [-0.05, 0) is 36.9 Å². The minimum atomic E-state index is 0.643. The first kappa shape index (κ1) is 13.4. The highest BCUT2D eigenvalue weighted by molar-refractivity contribution is 9.09. The number of piperidine rings is 1. The SMILES string of the molecule is CC1CN(CC2CCOc3ccccc32)CCC1Br. The molecule has 2 heterocycles. The summed E-state index contributed by atoms with van der Waals surface area (Å²) in [5.41, 5.74) is 1.40. The highest BCUT2D eigenvalue weighted by atomic mass is 79.9. The number of halogens is 1. The predicted molar refractivity (Wildman–Crippen MR) is 82.2 cm³/mol. The van der Waals surface area contributed by atoms with Crippen LogP contribution in [0.4, 0.5) is 0 Å². The number of likely N-dealkylation sites (tertiary alicyclic amines) is 1. The van der Waals surface area contributed by atoms with Crippen molar-refractivity contribution in [2.75, 3.05) is 26.2 Å². The maximum atomic E-state index is 5.76. The molecule has 0 saturated carbocycles. The Morgan fingerprint density at radius 2 is 2.16 bits per heavy atom. The largest absolute Gasteiger partial charge is 0.493 e. The summed E-state index contributed by atoms with van der Waals surface area (Å²) in [4.78, 5) is 3.33. The van der Waals surface area contributed by atoms with Crippen LogP contribution in [0.2, 0.25) is 0 Å². The second-order valence-corrected chi connectivity index (χ2v) is 7.09. The molecule has 0 N–H and O–H groups in total. The van der Waals surface area contributed by atoms with Crippen LogP contribution in [0, 0.1) is 5.92 Å². The van der Waals surface area contributed by atoms with Gasteiger partial charge in [-0.1, -0.05) is 41.1 Å². The zero-order valence-corrected chi connectivity index (χ0v) is 13.1. The van der Waals surface area contributed by atoms with Crippen LogP contribution in [0.5, 0.6) is 5.75 Å². The summed E-state index contributed by atoms with van der Waals surface area (Å²) in [5, 5.41) is 0. The molecule has 3 heteroatoms. The molecule has 0 amide bonds. The molecule has 1 aromatic carbocycles. The molecular weight excluding hydrogens is 302 g/mol. The second kappa shape index (κ2) is 5.84. The van der Waals surface area contributed by atoms with Gasteiger partial charge < -0.3 is 9.64 Å². The zero-order valence-electron chi connectivity index (χ0n) is 11.5. The number of rotatable bonds is 2. The van der Waals surface area contributed by atoms with E-state index in [-0.39, 0.29) is 0 Å². The average Bonchev–Trinajstić information content (AvgIpc) is 2.43. The maximum absolute atomic E-state index is 5.76. The lowest BCUT2D eigenvalue weighted by atomic mass is 9.91. The van der Waals surface area contributed by atoms with Gasteiger partial charge in [0.05, 0.1) is 6.61 Å². The van der Waals surface area contributed by atoms with Gasteiger partial charge in [-0.25, -0.2) is 0 Å². The summed E-state index contributed by atoms with van der Waals surface area (Å²) in [6, 6.07) is 8.54. The molecule has 1 aromatic rings. The Bertz CT molecular complexity index is 437. The fourth-order valence-corrected chi connectivity index (χ4v) is 3.66. The monoisotopic (exact) mass is 323 g/mol. The summed E-state index contributed by atoms with van der Waals surface area (Å²) in [6.07, 6.45) is 2.42. The van der Waals surface area contributed by atoms with Crippen LogP contribution < -0.4 is 4.74 Å². The minimum Gasteiger partial charge on any atom is -0.493 e. The molecule has 0 aromatic heterocycles. The smallest absolute Gasteiger partial charge is 0.122 e. The Hall–Kier alpha value is -0.540. The van der Waals surface area contributed by atoms with Gasteiger partial charge in [0.2, 0.25) is 0 Å². The Morgan fingerprint density at radius 3 is 3.00 bits per heavy atom. The quantitative estimate of drug-likeness (QED) is 0.770. The van der Waals surface area contributed by atoms with Crippen LogP contribution >= 0.6 is 15.9 Å². The van der Waals surface area contributed by atoms with Gasteiger partial charge in [-0.3, -0.25) is 0 Å². The molecule has 2 aliphatic heterocycles. The first-order valence-corrected chi connectivity index (χ1v) is 8.24. The Kier molecular flexibility index (Phi) is 4.13. The number of ether oxygens (including phenoxy) is 1. The average molecular weight is 324 g/mol. The molecule has 104 valence electrons. The summed E-state index contributed by atoms with van der Waals surface area (Å²) < 4.78 is 5.76. The van der Waals surface area contributed by atoms with Crippen LogP contribution in [-0.2, 0) is 0 Å². The number of para-hydroxylation sites is 1. The maximum Gasteiger partial charge on any atom is 0.122 e. The molecule has 3 unspecified atom stereocenters. The van der Waals surface area contributed by atoms with Crippen molar-refractivity contribution in [1.82, 2.24) is 4.90 Å². The van der Waals surface area contributed by atoms with Crippen molar-refractivity contribution in [3.05, 3.63) is 29.8 Å². The topological polar surface area (TPSA) is 12.5 Å². The Morgan fingerprint density at radius 1 is 1.32 bits per heavy atom. The Balaban J connectivity index is 1.68. The Labute approximate surface area is 124 Å². The molecule has 3 atom stereocenters. The summed E-state index contributed by atoms with van der Waals surface area (Å²) in [7, 11) is 0. The fourth-order valence-electron chi connectivity index (χ4n) is 3.29. The van der Waals surface area contributed by atoms with Gasteiger partial charge in [0, 0.05) is 23.8 Å². The third-order valence-corrected chi connectivity index (χ3v) is 5.81. The normalized spacial score (nSPS) is 31.6. The highest BCUT2D eigenvalue weighted by Gasteiger charge is 2.28. The van der Waals surface area contributed by atoms with Crippen molar-refractivity contribution in [1.29, 1.82) is 0 Å².